The van der Waals surface area contributed by atoms with Crippen molar-refractivity contribution < 1.29 is 4.39 Å². The molecule has 0 saturated carbocycles. The molecule has 0 saturated heterocycles. The first kappa shape index (κ1) is 14.1. The number of aryl methyl sites for hydroxylation is 1. The maximum atomic E-state index is 13.5. The monoisotopic (exact) mass is 323 g/mol. The third-order valence-electron chi connectivity index (χ3n) is 3.83. The quantitative estimate of drug-likeness (QED) is 0.564. The van der Waals surface area contributed by atoms with Gasteiger partial charge in [0.2, 0.25) is 0 Å². The van der Waals surface area contributed by atoms with Gasteiger partial charge in [-0.25, -0.2) is 14.4 Å². The molecule has 4 aromatic rings. The van der Waals surface area contributed by atoms with E-state index < -0.39 is 0 Å². The van der Waals surface area contributed by atoms with Crippen LogP contribution in [-0.2, 0) is 0 Å². The molecule has 0 unspecified atom stereocenters. The predicted molar refractivity (Wildman–Crippen MR) is 94.6 cm³/mol. The molecular weight excluding hydrogens is 309 g/mol. The first-order valence-electron chi connectivity index (χ1n) is 7.30. The van der Waals surface area contributed by atoms with Crippen molar-refractivity contribution in [1.82, 2.24) is 9.97 Å². The van der Waals surface area contributed by atoms with Crippen molar-refractivity contribution in [2.75, 3.05) is 12.4 Å². The van der Waals surface area contributed by atoms with Gasteiger partial charge in [0.15, 0.2) is 0 Å². The Balaban J connectivity index is 2.05. The zero-order chi connectivity index (χ0) is 16.0. The summed E-state index contributed by atoms with van der Waals surface area (Å²) in [6.07, 6.45) is 0. The average Bonchev–Trinajstić information content (AvgIpc) is 2.94. The maximum absolute atomic E-state index is 13.5. The molecule has 23 heavy (non-hydrogen) atoms. The van der Waals surface area contributed by atoms with E-state index in [-0.39, 0.29) is 5.82 Å². The van der Waals surface area contributed by atoms with Crippen LogP contribution in [0.3, 0.4) is 0 Å². The highest BCUT2D eigenvalue weighted by Gasteiger charge is 2.13. The van der Waals surface area contributed by atoms with Gasteiger partial charge in [-0.2, -0.15) is 0 Å². The van der Waals surface area contributed by atoms with Crippen molar-refractivity contribution in [2.45, 2.75) is 6.92 Å². The van der Waals surface area contributed by atoms with Gasteiger partial charge in [-0.3, -0.25) is 0 Å². The molecule has 0 aliphatic heterocycles. The number of pyridine rings is 1. The van der Waals surface area contributed by atoms with E-state index >= 15 is 0 Å². The van der Waals surface area contributed by atoms with Crippen LogP contribution in [0.5, 0.6) is 0 Å². The van der Waals surface area contributed by atoms with Crippen LogP contribution >= 0.6 is 11.3 Å². The Bertz CT molecular complexity index is 1040. The smallest absolute Gasteiger partial charge is 0.123 e. The molecule has 0 bridgehead atoms. The summed E-state index contributed by atoms with van der Waals surface area (Å²) >= 11 is 1.67. The van der Waals surface area contributed by atoms with Gasteiger partial charge in [0.05, 0.1) is 31.8 Å². The van der Waals surface area contributed by atoms with Crippen LogP contribution in [0.15, 0.2) is 42.5 Å². The first-order chi connectivity index (χ1) is 11.2. The molecule has 0 atom stereocenters. The van der Waals surface area contributed by atoms with Crippen molar-refractivity contribution in [2.24, 2.45) is 0 Å². The van der Waals surface area contributed by atoms with Crippen LogP contribution in [0.1, 0.15) is 5.01 Å². The maximum Gasteiger partial charge on any atom is 0.123 e. The molecule has 4 rings (SSSR count). The van der Waals surface area contributed by atoms with Gasteiger partial charge in [0.1, 0.15) is 5.82 Å². The molecule has 2 aromatic heterocycles. The summed E-state index contributed by atoms with van der Waals surface area (Å²) in [5.41, 5.74) is 4.28. The molecular formula is C18H14FN3S. The van der Waals surface area contributed by atoms with E-state index in [4.69, 9.17) is 4.98 Å². The lowest BCUT2D eigenvalue weighted by Gasteiger charge is -2.10. The highest BCUT2D eigenvalue weighted by Crippen LogP contribution is 2.35. The normalized spacial score (nSPS) is 11.3. The zero-order valence-electron chi connectivity index (χ0n) is 12.7. The fourth-order valence-electron chi connectivity index (χ4n) is 2.82. The van der Waals surface area contributed by atoms with Crippen LogP contribution in [0.4, 0.5) is 10.1 Å². The Morgan fingerprint density at radius 2 is 1.96 bits per heavy atom. The summed E-state index contributed by atoms with van der Waals surface area (Å²) in [5, 5.41) is 5.27. The number of aromatic nitrogens is 2. The van der Waals surface area contributed by atoms with E-state index in [2.05, 4.69) is 10.3 Å². The fourth-order valence-corrected chi connectivity index (χ4v) is 3.65. The number of anilines is 1. The Hall–Kier alpha value is -2.53. The predicted octanol–water partition coefficient (Wildman–Crippen LogP) is 5.00. The van der Waals surface area contributed by atoms with Crippen LogP contribution in [-0.4, -0.2) is 17.0 Å². The number of rotatable bonds is 2. The lowest BCUT2D eigenvalue weighted by Crippen LogP contribution is -1.95. The van der Waals surface area contributed by atoms with Crippen molar-refractivity contribution in [3.8, 4) is 11.3 Å². The molecule has 0 amide bonds. The Labute approximate surface area is 136 Å². The van der Waals surface area contributed by atoms with Crippen LogP contribution in [0.2, 0.25) is 0 Å². The molecule has 0 aliphatic carbocycles. The van der Waals surface area contributed by atoms with Crippen LogP contribution < -0.4 is 5.32 Å². The van der Waals surface area contributed by atoms with Crippen LogP contribution in [0.25, 0.3) is 32.4 Å². The molecule has 5 heteroatoms. The van der Waals surface area contributed by atoms with Gasteiger partial charge in [-0.05, 0) is 37.3 Å². The van der Waals surface area contributed by atoms with E-state index in [1.54, 1.807) is 17.4 Å². The highest BCUT2D eigenvalue weighted by atomic mass is 32.1. The fraction of sp³-hybridized carbons (Fsp3) is 0.111. The molecule has 2 aromatic carbocycles. The molecule has 1 N–H and O–H groups in total. The Kier molecular flexibility index (Phi) is 3.23. The molecule has 2 heterocycles. The second-order valence-corrected chi connectivity index (χ2v) is 6.59. The lowest BCUT2D eigenvalue weighted by molar-refractivity contribution is 0.628. The van der Waals surface area contributed by atoms with Crippen molar-refractivity contribution in [3.05, 3.63) is 53.3 Å². The van der Waals surface area contributed by atoms with E-state index in [1.165, 1.54) is 12.1 Å². The van der Waals surface area contributed by atoms with Gasteiger partial charge < -0.3 is 5.32 Å². The lowest BCUT2D eigenvalue weighted by atomic mass is 10.1. The SMILES string of the molecule is CNc1cc(-c2cccc(F)c2)nc2ccc3sc(C)nc3c12. The van der Waals surface area contributed by atoms with E-state index in [0.717, 1.165) is 43.1 Å². The molecule has 3 nitrogen and oxygen atoms in total. The minimum Gasteiger partial charge on any atom is -0.387 e. The number of halogens is 1. The standard InChI is InChI=1S/C18H14FN3S/c1-10-21-18-16(23-10)7-6-13-17(18)15(20-2)9-14(22-13)11-4-3-5-12(19)8-11/h3-9H,1-2H3,(H,20,22). The third kappa shape index (κ3) is 2.33. The largest absolute Gasteiger partial charge is 0.387 e. The van der Waals surface area contributed by atoms with Gasteiger partial charge in [-0.1, -0.05) is 12.1 Å². The summed E-state index contributed by atoms with van der Waals surface area (Å²) in [5.74, 6) is -0.263. The number of benzene rings is 2. The van der Waals surface area contributed by atoms with Gasteiger partial charge in [0.25, 0.3) is 0 Å². The minimum absolute atomic E-state index is 0.263. The first-order valence-corrected chi connectivity index (χ1v) is 8.12. The van der Waals surface area contributed by atoms with Crippen molar-refractivity contribution in [3.63, 3.8) is 0 Å². The molecule has 0 aliphatic rings. The molecule has 114 valence electrons. The van der Waals surface area contributed by atoms with E-state index in [9.17, 15) is 4.39 Å². The summed E-state index contributed by atoms with van der Waals surface area (Å²) in [4.78, 5) is 9.36. The second-order valence-electron chi connectivity index (χ2n) is 5.35. The number of nitrogens with zero attached hydrogens (tertiary/aromatic N) is 2. The number of nitrogens with one attached hydrogen (secondary N) is 1. The Morgan fingerprint density at radius 1 is 1.09 bits per heavy atom. The molecule has 0 radical (unpaired) electrons. The third-order valence-corrected chi connectivity index (χ3v) is 4.76. The van der Waals surface area contributed by atoms with Crippen molar-refractivity contribution in [1.29, 1.82) is 0 Å². The van der Waals surface area contributed by atoms with Gasteiger partial charge in [0, 0.05) is 18.3 Å². The molecule has 0 fully saturated rings. The molecule has 0 spiro atoms. The minimum atomic E-state index is -0.263. The zero-order valence-corrected chi connectivity index (χ0v) is 13.5. The van der Waals surface area contributed by atoms with E-state index in [1.807, 2.05) is 38.2 Å². The number of thiazole rings is 1. The van der Waals surface area contributed by atoms with E-state index in [0.29, 0.717) is 0 Å². The van der Waals surface area contributed by atoms with Crippen LogP contribution in [0, 0.1) is 12.7 Å². The Morgan fingerprint density at radius 3 is 2.74 bits per heavy atom. The highest BCUT2D eigenvalue weighted by molar-refractivity contribution is 7.18. The average molecular weight is 323 g/mol. The number of hydrogen-bond acceptors (Lipinski definition) is 4. The summed E-state index contributed by atoms with van der Waals surface area (Å²) < 4.78 is 14.7. The topological polar surface area (TPSA) is 37.8 Å². The summed E-state index contributed by atoms with van der Waals surface area (Å²) in [7, 11) is 1.88. The van der Waals surface area contributed by atoms with Gasteiger partial charge >= 0.3 is 0 Å². The summed E-state index contributed by atoms with van der Waals surface area (Å²) in [6.45, 7) is 2.00. The second kappa shape index (κ2) is 5.28. The van der Waals surface area contributed by atoms with Crippen molar-refractivity contribution >= 4 is 38.1 Å². The number of fused-ring (bicyclic) bond motifs is 3. The number of hydrogen-bond donors (Lipinski definition) is 1. The van der Waals surface area contributed by atoms with Gasteiger partial charge in [-0.15, -0.1) is 11.3 Å². The summed E-state index contributed by atoms with van der Waals surface area (Å²) in [6, 6.07) is 12.5.